The first-order valence-electron chi connectivity index (χ1n) is 11.9. The van der Waals surface area contributed by atoms with Crippen LogP contribution in [-0.4, -0.2) is 43.6 Å². The van der Waals surface area contributed by atoms with E-state index in [-0.39, 0.29) is 31.0 Å². The van der Waals surface area contributed by atoms with Crippen molar-refractivity contribution in [3.05, 3.63) is 82.8 Å². The van der Waals surface area contributed by atoms with Gasteiger partial charge in [-0.25, -0.2) is 9.20 Å². The van der Waals surface area contributed by atoms with Crippen molar-refractivity contribution < 1.29 is 9.90 Å². The zero-order valence-electron chi connectivity index (χ0n) is 19.4. The number of hydrogen-bond acceptors (Lipinski definition) is 5. The van der Waals surface area contributed by atoms with Crippen molar-refractivity contribution in [2.24, 2.45) is 0 Å². The molecule has 1 aliphatic rings. The Morgan fingerprint density at radius 2 is 1.77 bits per heavy atom. The van der Waals surface area contributed by atoms with Crippen LogP contribution in [0.4, 0.5) is 0 Å². The molecule has 0 saturated carbocycles. The van der Waals surface area contributed by atoms with Crippen molar-refractivity contribution in [2.45, 2.75) is 32.1 Å². The molecule has 0 fully saturated rings. The van der Waals surface area contributed by atoms with E-state index in [2.05, 4.69) is 5.32 Å². The molecule has 0 atom stereocenters. The highest BCUT2D eigenvalue weighted by Crippen LogP contribution is 2.34. The maximum Gasteiger partial charge on any atom is 0.271 e. The van der Waals surface area contributed by atoms with E-state index in [0.29, 0.717) is 12.1 Å². The van der Waals surface area contributed by atoms with Gasteiger partial charge in [-0.3, -0.25) is 9.59 Å². The molecule has 5 rings (SSSR count). The molecule has 8 nitrogen and oxygen atoms in total. The molecular weight excluding hydrogens is 442 g/mol. The number of fused-ring (bicyclic) bond motifs is 1. The molecule has 3 heterocycles. The molecule has 1 aromatic carbocycles. The number of aliphatic hydroxyl groups excluding tert-OH is 1. The zero-order chi connectivity index (χ0) is 24.2. The number of nitrogens with one attached hydrogen (secondary N) is 1. The van der Waals surface area contributed by atoms with Gasteiger partial charge in [0.1, 0.15) is 5.69 Å². The summed E-state index contributed by atoms with van der Waals surface area (Å²) in [7, 11) is 0. The molecule has 0 saturated heterocycles. The third-order valence-corrected chi connectivity index (χ3v) is 6.26. The third-order valence-electron chi connectivity index (χ3n) is 6.26. The van der Waals surface area contributed by atoms with E-state index in [0.717, 1.165) is 52.9 Å². The lowest BCUT2D eigenvalue weighted by Crippen LogP contribution is -2.28. The Labute approximate surface area is 202 Å². The summed E-state index contributed by atoms with van der Waals surface area (Å²) < 4.78 is 3.29. The van der Waals surface area contributed by atoms with Crippen molar-refractivity contribution in [2.75, 3.05) is 13.2 Å². The molecule has 0 bridgehead atoms. The smallest absolute Gasteiger partial charge is 0.271 e. The molecule has 0 radical (unpaired) electrons. The van der Waals surface area contributed by atoms with E-state index in [1.54, 1.807) is 6.07 Å². The molecule has 0 spiro atoms. The van der Waals surface area contributed by atoms with E-state index in [4.69, 9.17) is 15.3 Å². The quantitative estimate of drug-likeness (QED) is 0.431. The summed E-state index contributed by atoms with van der Waals surface area (Å²) >= 11 is 0. The fourth-order valence-corrected chi connectivity index (χ4v) is 4.64. The number of aromatic nitrogens is 4. The number of pyridine rings is 1. The second-order valence-electron chi connectivity index (χ2n) is 8.60. The van der Waals surface area contributed by atoms with E-state index in [1.165, 1.54) is 10.7 Å². The average Bonchev–Trinajstić information content (AvgIpc) is 3.28. The highest BCUT2D eigenvalue weighted by Gasteiger charge is 2.22. The van der Waals surface area contributed by atoms with Gasteiger partial charge in [-0.1, -0.05) is 36.4 Å². The standard InChI is InChI=1S/C27H27N5O3/c33-17-15-28-24(34)18-20-10-4-5-11-22(20)32-25(35)14-13-21(29-32)26-23-12-6-7-16-31(23)30-27(26)19-8-2-1-3-9-19/h1-3,6-9,12-14,16,33H,4-5,10-11,15,17-18H2,(H,28,34). The second-order valence-corrected chi connectivity index (χ2v) is 8.60. The van der Waals surface area contributed by atoms with Crippen molar-refractivity contribution in [3.8, 4) is 22.5 Å². The summed E-state index contributed by atoms with van der Waals surface area (Å²) in [6.45, 7) is 0.107. The van der Waals surface area contributed by atoms with Crippen LogP contribution in [0.15, 0.2) is 77.2 Å². The molecule has 35 heavy (non-hydrogen) atoms. The van der Waals surface area contributed by atoms with Gasteiger partial charge in [0.15, 0.2) is 0 Å². The predicted octanol–water partition coefficient (Wildman–Crippen LogP) is 3.51. The van der Waals surface area contributed by atoms with Crippen molar-refractivity contribution in [3.63, 3.8) is 0 Å². The van der Waals surface area contributed by atoms with E-state index >= 15 is 0 Å². The van der Waals surface area contributed by atoms with Crippen LogP contribution in [0.2, 0.25) is 0 Å². The maximum absolute atomic E-state index is 13.0. The van der Waals surface area contributed by atoms with Crippen molar-refractivity contribution >= 4 is 17.1 Å². The summed E-state index contributed by atoms with van der Waals surface area (Å²) in [4.78, 5) is 25.3. The first-order chi connectivity index (χ1) is 17.2. The summed E-state index contributed by atoms with van der Waals surface area (Å²) in [6.07, 6.45) is 5.41. The average molecular weight is 470 g/mol. The van der Waals surface area contributed by atoms with Gasteiger partial charge < -0.3 is 10.4 Å². The molecular formula is C27H27N5O3. The van der Waals surface area contributed by atoms with Gasteiger partial charge in [-0.2, -0.15) is 10.2 Å². The number of nitrogens with zero attached hydrogens (tertiary/aromatic N) is 4. The van der Waals surface area contributed by atoms with Gasteiger partial charge in [0.25, 0.3) is 5.56 Å². The summed E-state index contributed by atoms with van der Waals surface area (Å²) in [5.74, 6) is -0.161. The molecule has 2 N–H and O–H groups in total. The molecule has 8 heteroatoms. The van der Waals surface area contributed by atoms with Crippen LogP contribution in [0.1, 0.15) is 32.1 Å². The lowest BCUT2D eigenvalue weighted by atomic mass is 9.93. The topological polar surface area (TPSA) is 102 Å². The monoisotopic (exact) mass is 469 g/mol. The predicted molar refractivity (Wildman–Crippen MR) is 135 cm³/mol. The fourth-order valence-electron chi connectivity index (χ4n) is 4.64. The number of carbonyl (C=O) groups excluding carboxylic acids is 1. The minimum absolute atomic E-state index is 0.107. The van der Waals surface area contributed by atoms with Crippen LogP contribution in [-0.2, 0) is 4.79 Å². The Bertz CT molecular complexity index is 1450. The molecule has 1 amide bonds. The fraction of sp³-hybridized carbons (Fsp3) is 0.259. The van der Waals surface area contributed by atoms with Crippen LogP contribution in [0, 0.1) is 0 Å². The van der Waals surface area contributed by atoms with Gasteiger partial charge in [0, 0.05) is 36.5 Å². The number of rotatable bonds is 7. The highest BCUT2D eigenvalue weighted by molar-refractivity contribution is 5.90. The maximum atomic E-state index is 13.0. The third kappa shape index (κ3) is 4.65. The van der Waals surface area contributed by atoms with Crippen molar-refractivity contribution in [1.82, 2.24) is 24.7 Å². The minimum Gasteiger partial charge on any atom is -0.395 e. The Hall–Kier alpha value is -4.04. The van der Waals surface area contributed by atoms with E-state index in [1.807, 2.05) is 59.2 Å². The van der Waals surface area contributed by atoms with Gasteiger partial charge in [0.2, 0.25) is 5.91 Å². The number of carbonyl (C=O) groups is 1. The van der Waals surface area contributed by atoms with Crippen molar-refractivity contribution in [1.29, 1.82) is 0 Å². The van der Waals surface area contributed by atoms with Crippen LogP contribution in [0.25, 0.3) is 33.7 Å². The molecule has 1 aliphatic carbocycles. The van der Waals surface area contributed by atoms with Gasteiger partial charge in [0.05, 0.1) is 23.4 Å². The Kier molecular flexibility index (Phi) is 6.54. The largest absolute Gasteiger partial charge is 0.395 e. The van der Waals surface area contributed by atoms with Crippen LogP contribution >= 0.6 is 0 Å². The zero-order valence-corrected chi connectivity index (χ0v) is 19.4. The van der Waals surface area contributed by atoms with Crippen LogP contribution in [0.5, 0.6) is 0 Å². The number of aliphatic hydroxyl groups is 1. The molecule has 4 aromatic rings. The number of benzene rings is 1. The summed E-state index contributed by atoms with van der Waals surface area (Å²) in [6, 6.07) is 19.1. The lowest BCUT2D eigenvalue weighted by Gasteiger charge is -2.21. The number of hydrogen-bond donors (Lipinski definition) is 2. The summed E-state index contributed by atoms with van der Waals surface area (Å²) in [5.41, 5.74) is 5.62. The van der Waals surface area contributed by atoms with Gasteiger partial charge in [-0.05, 0) is 49.5 Å². The van der Waals surface area contributed by atoms with E-state index < -0.39 is 0 Å². The highest BCUT2D eigenvalue weighted by atomic mass is 16.3. The number of allylic oxidation sites excluding steroid dienone is 1. The normalized spacial score (nSPS) is 13.9. The second kappa shape index (κ2) is 10.1. The number of amides is 1. The van der Waals surface area contributed by atoms with Crippen LogP contribution < -0.4 is 10.9 Å². The minimum atomic E-state index is -0.225. The van der Waals surface area contributed by atoms with Crippen LogP contribution in [0.3, 0.4) is 0 Å². The van der Waals surface area contributed by atoms with Gasteiger partial charge in [-0.15, -0.1) is 0 Å². The summed E-state index contributed by atoms with van der Waals surface area (Å²) in [5, 5.41) is 21.3. The SMILES string of the molecule is O=C(CC1=C(n2nc(-c3c(-c4ccccc4)nn4ccccc34)ccc2=O)CCCC1)NCCO. The first-order valence-corrected chi connectivity index (χ1v) is 11.9. The lowest BCUT2D eigenvalue weighted by molar-refractivity contribution is -0.120. The van der Waals surface area contributed by atoms with E-state index in [9.17, 15) is 9.59 Å². The molecule has 178 valence electrons. The first kappa shape index (κ1) is 22.7. The molecule has 3 aromatic heterocycles. The Balaban J connectivity index is 1.64. The molecule has 0 aliphatic heterocycles. The Morgan fingerprint density at radius 1 is 0.971 bits per heavy atom. The van der Waals surface area contributed by atoms with Gasteiger partial charge >= 0.3 is 0 Å². The molecule has 0 unspecified atom stereocenters. The Morgan fingerprint density at radius 3 is 2.60 bits per heavy atom.